The summed E-state index contributed by atoms with van der Waals surface area (Å²) in [5.74, 6) is -0.153. The summed E-state index contributed by atoms with van der Waals surface area (Å²) in [6, 6.07) is 5.02. The van der Waals surface area contributed by atoms with Crippen LogP contribution in [0.15, 0.2) is 22.7 Å². The van der Waals surface area contributed by atoms with Crippen LogP contribution in [0.2, 0.25) is 0 Å². The molecule has 0 radical (unpaired) electrons. The maximum atomic E-state index is 13.3. The van der Waals surface area contributed by atoms with Crippen LogP contribution >= 0.6 is 15.9 Å². The van der Waals surface area contributed by atoms with Crippen LogP contribution < -0.4 is 12.4 Å². The van der Waals surface area contributed by atoms with E-state index in [1.807, 2.05) is 12.3 Å². The van der Waals surface area contributed by atoms with Crippen molar-refractivity contribution in [3.05, 3.63) is 34.1 Å². The molecule has 0 N–H and O–H groups in total. The van der Waals surface area contributed by atoms with Crippen LogP contribution in [0.5, 0.6) is 0 Å². The maximum absolute atomic E-state index is 13.3. The highest BCUT2D eigenvalue weighted by atomic mass is 79.9. The SMILES string of the molecule is Fc1ccc(Br)cc1C=[N+]1CCCC1.[Cl-]. The van der Waals surface area contributed by atoms with E-state index in [-0.39, 0.29) is 18.2 Å². The molecule has 4 heteroatoms. The van der Waals surface area contributed by atoms with Gasteiger partial charge >= 0.3 is 0 Å². The monoisotopic (exact) mass is 291 g/mol. The lowest BCUT2D eigenvalue weighted by Gasteiger charge is -1.97. The average Bonchev–Trinajstić information content (AvgIpc) is 2.64. The van der Waals surface area contributed by atoms with Gasteiger partial charge in [0.1, 0.15) is 18.9 Å². The van der Waals surface area contributed by atoms with Crippen LogP contribution in [0.3, 0.4) is 0 Å². The molecule has 0 aliphatic carbocycles. The molecule has 1 aliphatic rings. The van der Waals surface area contributed by atoms with Crippen LogP contribution in [0, 0.1) is 5.82 Å². The van der Waals surface area contributed by atoms with Gasteiger partial charge < -0.3 is 12.4 Å². The van der Waals surface area contributed by atoms with Crippen molar-refractivity contribution >= 4 is 22.1 Å². The maximum Gasteiger partial charge on any atom is 0.173 e. The Morgan fingerprint density at radius 2 is 1.93 bits per heavy atom. The van der Waals surface area contributed by atoms with E-state index in [1.165, 1.54) is 18.9 Å². The van der Waals surface area contributed by atoms with Gasteiger partial charge in [-0.3, -0.25) is 0 Å². The van der Waals surface area contributed by atoms with Crippen molar-refractivity contribution in [3.63, 3.8) is 0 Å². The lowest BCUT2D eigenvalue weighted by Crippen LogP contribution is -3.00. The minimum atomic E-state index is -0.153. The second kappa shape index (κ2) is 5.61. The first-order chi connectivity index (χ1) is 6.75. The third-order valence-corrected chi connectivity index (χ3v) is 2.91. The van der Waals surface area contributed by atoms with Gasteiger partial charge in [0.15, 0.2) is 6.21 Å². The third-order valence-electron chi connectivity index (χ3n) is 2.42. The van der Waals surface area contributed by atoms with Gasteiger partial charge in [-0.25, -0.2) is 8.97 Å². The molecule has 1 fully saturated rings. The average molecular weight is 293 g/mol. The van der Waals surface area contributed by atoms with Gasteiger partial charge in [0, 0.05) is 17.3 Å². The standard InChI is InChI=1S/C11H12BrFN.ClH/c12-10-3-4-11(13)9(7-10)8-14-5-1-2-6-14;/h3-4,7-8H,1-2,5-6H2;1H/q+1;/p-1. The van der Waals surface area contributed by atoms with E-state index in [1.54, 1.807) is 6.07 Å². The zero-order valence-electron chi connectivity index (χ0n) is 8.22. The van der Waals surface area contributed by atoms with Crippen LogP contribution in [-0.4, -0.2) is 23.9 Å². The fourth-order valence-corrected chi connectivity index (χ4v) is 2.06. The van der Waals surface area contributed by atoms with Gasteiger partial charge in [-0.2, -0.15) is 0 Å². The molecule has 0 atom stereocenters. The van der Waals surface area contributed by atoms with Crippen molar-refractivity contribution in [1.29, 1.82) is 0 Å². The van der Waals surface area contributed by atoms with Gasteiger partial charge in [-0.1, -0.05) is 15.9 Å². The Balaban J connectivity index is 0.00000112. The molecule has 1 nitrogen and oxygen atoms in total. The molecule has 0 aromatic heterocycles. The fraction of sp³-hybridized carbons (Fsp3) is 0.364. The smallest absolute Gasteiger partial charge is 0.173 e. The van der Waals surface area contributed by atoms with Crippen molar-refractivity contribution in [2.45, 2.75) is 12.8 Å². The number of rotatable bonds is 1. The molecule has 1 heterocycles. The fourth-order valence-electron chi connectivity index (χ4n) is 1.68. The van der Waals surface area contributed by atoms with Gasteiger partial charge in [0.05, 0.1) is 5.56 Å². The topological polar surface area (TPSA) is 3.01 Å². The normalized spacial score (nSPS) is 14.9. The third kappa shape index (κ3) is 3.28. The zero-order chi connectivity index (χ0) is 9.97. The summed E-state index contributed by atoms with van der Waals surface area (Å²) >= 11 is 3.34. The number of halogens is 3. The summed E-state index contributed by atoms with van der Waals surface area (Å²) in [6.45, 7) is 2.10. The summed E-state index contributed by atoms with van der Waals surface area (Å²) in [5.41, 5.74) is 0.668. The number of nitrogens with zero attached hydrogens (tertiary/aromatic N) is 1. The first-order valence-electron chi connectivity index (χ1n) is 4.80. The minimum absolute atomic E-state index is 0. The summed E-state index contributed by atoms with van der Waals surface area (Å²) in [7, 11) is 0. The van der Waals surface area contributed by atoms with Gasteiger partial charge in [-0.15, -0.1) is 0 Å². The molecule has 1 aromatic rings. The van der Waals surface area contributed by atoms with Crippen molar-refractivity contribution in [2.75, 3.05) is 13.1 Å². The summed E-state index contributed by atoms with van der Waals surface area (Å²) in [6.07, 6.45) is 4.34. The molecule has 1 aromatic carbocycles. The predicted molar refractivity (Wildman–Crippen MR) is 58.5 cm³/mol. The largest absolute Gasteiger partial charge is 1.00 e. The van der Waals surface area contributed by atoms with Crippen molar-refractivity contribution < 1.29 is 21.4 Å². The van der Waals surface area contributed by atoms with Crippen molar-refractivity contribution in [3.8, 4) is 0 Å². The first-order valence-corrected chi connectivity index (χ1v) is 5.59. The molecule has 0 spiro atoms. The minimum Gasteiger partial charge on any atom is -1.00 e. The van der Waals surface area contributed by atoms with Gasteiger partial charge in [0.25, 0.3) is 0 Å². The van der Waals surface area contributed by atoms with E-state index in [9.17, 15) is 4.39 Å². The Morgan fingerprint density at radius 1 is 1.27 bits per heavy atom. The zero-order valence-corrected chi connectivity index (χ0v) is 10.6. The van der Waals surface area contributed by atoms with Gasteiger partial charge in [0.2, 0.25) is 0 Å². The highest BCUT2D eigenvalue weighted by Crippen LogP contribution is 2.14. The molecule has 1 aliphatic heterocycles. The molecule has 0 unspecified atom stereocenters. The summed E-state index contributed by atoms with van der Waals surface area (Å²) in [5, 5.41) is 0. The number of hydrogen-bond donors (Lipinski definition) is 0. The van der Waals surface area contributed by atoms with Crippen LogP contribution in [0.1, 0.15) is 18.4 Å². The lowest BCUT2D eigenvalue weighted by molar-refractivity contribution is -0.500. The molecular formula is C11H12BrClFN. The van der Waals surface area contributed by atoms with E-state index < -0.39 is 0 Å². The van der Waals surface area contributed by atoms with E-state index in [2.05, 4.69) is 20.5 Å². The molecule has 0 saturated carbocycles. The second-order valence-corrected chi connectivity index (χ2v) is 4.45. The number of hydrogen-bond acceptors (Lipinski definition) is 0. The predicted octanol–water partition coefficient (Wildman–Crippen LogP) is -0.183. The second-order valence-electron chi connectivity index (χ2n) is 3.54. The molecular weight excluding hydrogens is 280 g/mol. The molecule has 15 heavy (non-hydrogen) atoms. The van der Waals surface area contributed by atoms with E-state index in [4.69, 9.17) is 0 Å². The van der Waals surface area contributed by atoms with E-state index in [0.717, 1.165) is 17.6 Å². The Bertz CT molecular complexity index is 371. The first kappa shape index (κ1) is 12.7. The van der Waals surface area contributed by atoms with E-state index in [0.29, 0.717) is 5.56 Å². The molecule has 0 amide bonds. The highest BCUT2D eigenvalue weighted by molar-refractivity contribution is 9.10. The van der Waals surface area contributed by atoms with Crippen LogP contribution in [0.25, 0.3) is 0 Å². The molecule has 1 saturated heterocycles. The quantitative estimate of drug-likeness (QED) is 0.632. The Kier molecular flexibility index (Phi) is 4.74. The summed E-state index contributed by atoms with van der Waals surface area (Å²) < 4.78 is 16.4. The van der Waals surface area contributed by atoms with Crippen LogP contribution in [-0.2, 0) is 0 Å². The van der Waals surface area contributed by atoms with Crippen molar-refractivity contribution in [1.82, 2.24) is 0 Å². The Morgan fingerprint density at radius 3 is 2.60 bits per heavy atom. The lowest BCUT2D eigenvalue weighted by atomic mass is 10.2. The Hall–Kier alpha value is -0.410. The highest BCUT2D eigenvalue weighted by Gasteiger charge is 2.13. The number of benzene rings is 1. The molecule has 0 bridgehead atoms. The van der Waals surface area contributed by atoms with Gasteiger partial charge in [-0.05, 0) is 18.2 Å². The molecule has 2 rings (SSSR count). The van der Waals surface area contributed by atoms with Crippen molar-refractivity contribution in [2.24, 2.45) is 0 Å². The van der Waals surface area contributed by atoms with E-state index >= 15 is 0 Å². The van der Waals surface area contributed by atoms with Crippen LogP contribution in [0.4, 0.5) is 4.39 Å². The molecule has 82 valence electrons. The summed E-state index contributed by atoms with van der Waals surface area (Å²) in [4.78, 5) is 0. The Labute approximate surface area is 104 Å².